The molecule has 2 aromatic heterocycles. The van der Waals surface area contributed by atoms with Crippen LogP contribution < -0.4 is 0 Å². The van der Waals surface area contributed by atoms with Crippen LogP contribution in [0.25, 0.3) is 0 Å². The Labute approximate surface area is 127 Å². The maximum Gasteiger partial charge on any atom is 0.335 e. The highest BCUT2D eigenvalue weighted by Crippen LogP contribution is 2.10. The number of carbonyl (C=O) groups is 1. The second kappa shape index (κ2) is 6.22. The summed E-state index contributed by atoms with van der Waals surface area (Å²) >= 11 is 0. The molecule has 1 N–H and O–H groups in total. The molecule has 0 aliphatic heterocycles. The minimum Gasteiger partial charge on any atom is -0.478 e. The first kappa shape index (κ1) is 14.0. The average molecular weight is 293 g/mol. The number of benzene rings is 1. The second-order valence-electron chi connectivity index (χ2n) is 4.97. The molecule has 0 amide bonds. The van der Waals surface area contributed by atoms with Crippen molar-refractivity contribution in [2.24, 2.45) is 0 Å². The zero-order valence-corrected chi connectivity index (χ0v) is 11.9. The Morgan fingerprint density at radius 2 is 1.86 bits per heavy atom. The number of hydrogen-bond donors (Lipinski definition) is 1. The highest BCUT2D eigenvalue weighted by Gasteiger charge is 2.07. The molecule has 0 fully saturated rings. The zero-order valence-electron chi connectivity index (χ0n) is 11.9. The first-order chi connectivity index (χ1) is 10.7. The SMILES string of the molecule is O=C(O)c1ccc(Cn2ccnc2Cc2ccccn2)cc1. The Morgan fingerprint density at radius 3 is 2.55 bits per heavy atom. The Bertz CT molecular complexity index is 764. The largest absolute Gasteiger partial charge is 0.478 e. The van der Waals surface area contributed by atoms with E-state index >= 15 is 0 Å². The van der Waals surface area contributed by atoms with Crippen molar-refractivity contribution < 1.29 is 9.90 Å². The van der Waals surface area contributed by atoms with Crippen LogP contribution in [0.1, 0.15) is 27.4 Å². The Kier molecular flexibility index (Phi) is 3.96. The third-order valence-electron chi connectivity index (χ3n) is 3.42. The average Bonchev–Trinajstić information content (AvgIpc) is 2.96. The number of carboxylic acid groups (broad SMARTS) is 1. The summed E-state index contributed by atoms with van der Waals surface area (Å²) in [6, 6.07) is 12.7. The van der Waals surface area contributed by atoms with E-state index in [4.69, 9.17) is 5.11 Å². The smallest absolute Gasteiger partial charge is 0.335 e. The van der Waals surface area contributed by atoms with E-state index in [0.717, 1.165) is 17.1 Å². The molecule has 0 radical (unpaired) electrons. The molecule has 5 nitrogen and oxygen atoms in total. The van der Waals surface area contributed by atoms with E-state index in [-0.39, 0.29) is 0 Å². The van der Waals surface area contributed by atoms with Gasteiger partial charge in [0.25, 0.3) is 0 Å². The van der Waals surface area contributed by atoms with Gasteiger partial charge in [-0.2, -0.15) is 0 Å². The van der Waals surface area contributed by atoms with Crippen LogP contribution in [0.3, 0.4) is 0 Å². The number of rotatable bonds is 5. The van der Waals surface area contributed by atoms with Gasteiger partial charge in [-0.3, -0.25) is 4.98 Å². The number of hydrogen-bond acceptors (Lipinski definition) is 3. The third-order valence-corrected chi connectivity index (χ3v) is 3.42. The number of imidazole rings is 1. The van der Waals surface area contributed by atoms with E-state index in [1.54, 1.807) is 24.5 Å². The van der Waals surface area contributed by atoms with Gasteiger partial charge in [-0.05, 0) is 29.8 Å². The lowest BCUT2D eigenvalue weighted by Gasteiger charge is -2.08. The number of aromatic nitrogens is 3. The molecule has 5 heteroatoms. The first-order valence-corrected chi connectivity index (χ1v) is 6.94. The summed E-state index contributed by atoms with van der Waals surface area (Å²) in [5, 5.41) is 8.92. The molecule has 0 aliphatic carbocycles. The van der Waals surface area contributed by atoms with E-state index in [2.05, 4.69) is 9.97 Å². The molecule has 0 saturated carbocycles. The van der Waals surface area contributed by atoms with E-state index in [1.807, 2.05) is 41.1 Å². The quantitative estimate of drug-likeness (QED) is 0.785. The minimum absolute atomic E-state index is 0.295. The maximum absolute atomic E-state index is 10.9. The summed E-state index contributed by atoms with van der Waals surface area (Å²) in [6.45, 7) is 0.655. The monoisotopic (exact) mass is 293 g/mol. The topological polar surface area (TPSA) is 68.0 Å². The fraction of sp³-hybridized carbons (Fsp3) is 0.118. The number of carboxylic acids is 1. The zero-order chi connectivity index (χ0) is 15.4. The van der Waals surface area contributed by atoms with Crippen molar-refractivity contribution in [2.75, 3.05) is 0 Å². The Hall–Kier alpha value is -2.95. The van der Waals surface area contributed by atoms with Crippen LogP contribution in [0.15, 0.2) is 61.1 Å². The van der Waals surface area contributed by atoms with Gasteiger partial charge in [-0.15, -0.1) is 0 Å². The molecule has 3 aromatic rings. The van der Waals surface area contributed by atoms with Crippen LogP contribution in [-0.2, 0) is 13.0 Å². The number of nitrogens with zero attached hydrogens (tertiary/aromatic N) is 3. The van der Waals surface area contributed by atoms with E-state index in [1.165, 1.54) is 0 Å². The summed E-state index contributed by atoms with van der Waals surface area (Å²) in [6.07, 6.45) is 6.13. The van der Waals surface area contributed by atoms with Gasteiger partial charge in [0.05, 0.1) is 5.56 Å². The summed E-state index contributed by atoms with van der Waals surface area (Å²) in [7, 11) is 0. The number of pyridine rings is 1. The normalized spacial score (nSPS) is 10.5. The lowest BCUT2D eigenvalue weighted by Crippen LogP contribution is -2.06. The maximum atomic E-state index is 10.9. The number of aromatic carboxylic acids is 1. The molecule has 0 unspecified atom stereocenters. The molecule has 110 valence electrons. The van der Waals surface area contributed by atoms with Crippen molar-refractivity contribution in [3.05, 3.63) is 83.7 Å². The predicted octanol–water partition coefficient (Wildman–Crippen LogP) is 2.62. The molecule has 1 aromatic carbocycles. The Balaban J connectivity index is 1.76. The van der Waals surface area contributed by atoms with Crippen LogP contribution in [-0.4, -0.2) is 25.6 Å². The van der Waals surface area contributed by atoms with Crippen molar-refractivity contribution in [1.29, 1.82) is 0 Å². The van der Waals surface area contributed by atoms with Crippen molar-refractivity contribution in [3.8, 4) is 0 Å². The summed E-state index contributed by atoms with van der Waals surface area (Å²) in [4.78, 5) is 19.6. The third kappa shape index (κ3) is 3.20. The fourth-order valence-electron chi connectivity index (χ4n) is 2.27. The molecule has 3 rings (SSSR count). The second-order valence-corrected chi connectivity index (χ2v) is 4.97. The van der Waals surface area contributed by atoms with Gasteiger partial charge in [0.15, 0.2) is 0 Å². The van der Waals surface area contributed by atoms with Crippen LogP contribution >= 0.6 is 0 Å². The van der Waals surface area contributed by atoms with E-state index < -0.39 is 5.97 Å². The molecule has 0 aliphatic rings. The van der Waals surface area contributed by atoms with Gasteiger partial charge in [0.2, 0.25) is 0 Å². The van der Waals surface area contributed by atoms with Crippen molar-refractivity contribution in [2.45, 2.75) is 13.0 Å². The molecule has 0 bridgehead atoms. The molecule has 0 spiro atoms. The van der Waals surface area contributed by atoms with Gasteiger partial charge >= 0.3 is 5.97 Å². The van der Waals surface area contributed by atoms with Gasteiger partial charge in [-0.1, -0.05) is 18.2 Å². The highest BCUT2D eigenvalue weighted by atomic mass is 16.4. The lowest BCUT2D eigenvalue weighted by atomic mass is 10.1. The van der Waals surface area contributed by atoms with E-state index in [0.29, 0.717) is 18.5 Å². The molecular formula is C17H15N3O2. The van der Waals surface area contributed by atoms with Gasteiger partial charge in [0, 0.05) is 37.3 Å². The highest BCUT2D eigenvalue weighted by molar-refractivity contribution is 5.87. The standard InChI is InChI=1S/C17H15N3O2/c21-17(22)14-6-4-13(5-7-14)12-20-10-9-19-16(20)11-15-3-1-2-8-18-15/h1-10H,11-12H2,(H,21,22). The molecule has 2 heterocycles. The van der Waals surface area contributed by atoms with Crippen molar-refractivity contribution in [1.82, 2.24) is 14.5 Å². The summed E-state index contributed by atoms with van der Waals surface area (Å²) < 4.78 is 2.05. The van der Waals surface area contributed by atoms with Crippen LogP contribution in [0, 0.1) is 0 Å². The van der Waals surface area contributed by atoms with Crippen molar-refractivity contribution >= 4 is 5.97 Å². The van der Waals surface area contributed by atoms with Crippen LogP contribution in [0.5, 0.6) is 0 Å². The predicted molar refractivity (Wildman–Crippen MR) is 81.8 cm³/mol. The fourth-order valence-corrected chi connectivity index (χ4v) is 2.27. The Morgan fingerprint density at radius 1 is 1.05 bits per heavy atom. The molecule has 0 atom stereocenters. The molecule has 0 saturated heterocycles. The summed E-state index contributed by atoms with van der Waals surface area (Å²) in [5.41, 5.74) is 2.30. The first-order valence-electron chi connectivity index (χ1n) is 6.94. The van der Waals surface area contributed by atoms with Gasteiger partial charge < -0.3 is 9.67 Å². The van der Waals surface area contributed by atoms with Crippen molar-refractivity contribution in [3.63, 3.8) is 0 Å². The minimum atomic E-state index is -0.912. The molecule has 22 heavy (non-hydrogen) atoms. The van der Waals surface area contributed by atoms with Gasteiger partial charge in [0.1, 0.15) is 5.82 Å². The lowest BCUT2D eigenvalue weighted by molar-refractivity contribution is 0.0697. The van der Waals surface area contributed by atoms with Gasteiger partial charge in [-0.25, -0.2) is 9.78 Å². The van der Waals surface area contributed by atoms with E-state index in [9.17, 15) is 4.79 Å². The van der Waals surface area contributed by atoms with Crippen LogP contribution in [0.4, 0.5) is 0 Å². The van der Waals surface area contributed by atoms with Crippen LogP contribution in [0.2, 0.25) is 0 Å². The molecular weight excluding hydrogens is 278 g/mol. The summed E-state index contributed by atoms with van der Waals surface area (Å²) in [5.74, 6) is 0.0195.